The summed E-state index contributed by atoms with van der Waals surface area (Å²) in [6, 6.07) is 3.31. The topological polar surface area (TPSA) is 88.8 Å². The Bertz CT molecular complexity index is 1070. The number of fused-ring (bicyclic) bond motifs is 2. The van der Waals surface area contributed by atoms with Crippen molar-refractivity contribution in [2.75, 3.05) is 0 Å². The first-order valence-corrected chi connectivity index (χ1v) is 11.4. The van der Waals surface area contributed by atoms with Crippen molar-refractivity contribution >= 4 is 16.8 Å². The van der Waals surface area contributed by atoms with Crippen LogP contribution in [0.15, 0.2) is 23.1 Å². The van der Waals surface area contributed by atoms with E-state index in [0.717, 1.165) is 37.8 Å². The molecule has 2 aromatic heterocycles. The highest BCUT2D eigenvalue weighted by Gasteiger charge is 2.52. The van der Waals surface area contributed by atoms with E-state index in [1.165, 1.54) is 6.20 Å². The summed E-state index contributed by atoms with van der Waals surface area (Å²) in [6.45, 7) is 2.26. The lowest BCUT2D eigenvalue weighted by molar-refractivity contribution is -0.00307. The lowest BCUT2D eigenvalue weighted by atomic mass is 9.67. The number of pyridine rings is 2. The Morgan fingerprint density at radius 2 is 1.87 bits per heavy atom. The largest absolute Gasteiger partial charge is 0.364 e. The van der Waals surface area contributed by atoms with Gasteiger partial charge in [-0.3, -0.25) is 14.6 Å². The van der Waals surface area contributed by atoms with Gasteiger partial charge >= 0.3 is 0 Å². The maximum atomic E-state index is 13.8. The van der Waals surface area contributed by atoms with Crippen molar-refractivity contribution < 1.29 is 13.6 Å². The highest BCUT2D eigenvalue weighted by Crippen LogP contribution is 2.57. The normalized spacial score (nSPS) is 34.7. The van der Waals surface area contributed by atoms with E-state index < -0.39 is 11.8 Å². The van der Waals surface area contributed by atoms with E-state index in [4.69, 9.17) is 5.73 Å². The van der Waals surface area contributed by atoms with Gasteiger partial charge in [0.1, 0.15) is 5.69 Å². The molecule has 2 aromatic rings. The van der Waals surface area contributed by atoms with Gasteiger partial charge in [-0.1, -0.05) is 13.3 Å². The number of H-pyrrole nitrogens is 1. The summed E-state index contributed by atoms with van der Waals surface area (Å²) in [5.41, 5.74) is 6.61. The van der Waals surface area contributed by atoms with Crippen LogP contribution in [0, 0.1) is 29.6 Å². The standard InChI is InChI=1S/C24H29F2N3O2/c1-12-2-3-16(17(6-12)13-7-14-10-24(25,26)11-15(14)8-13)19-9-20(30)21-18(29-19)4-5-28-22(21)23(27)31/h4-5,9,12-17H,2-3,6-8,10-11H2,1H3,(H2,27,31)(H,29,30)/t12-,13?,14+,15?,16?,17+/m0/s1. The third-order valence-electron chi connectivity index (χ3n) is 8.16. The fraction of sp³-hybridized carbons (Fsp3) is 0.625. The molecule has 3 saturated carbocycles. The van der Waals surface area contributed by atoms with Crippen LogP contribution in [0.25, 0.3) is 10.9 Å². The fourth-order valence-electron chi connectivity index (χ4n) is 6.90. The van der Waals surface area contributed by atoms with Gasteiger partial charge in [-0.25, -0.2) is 8.78 Å². The van der Waals surface area contributed by atoms with Crippen LogP contribution >= 0.6 is 0 Å². The minimum absolute atomic E-state index is 0.0105. The van der Waals surface area contributed by atoms with Gasteiger partial charge in [0.05, 0.1) is 10.9 Å². The molecular weight excluding hydrogens is 400 g/mol. The number of amides is 1. The Morgan fingerprint density at radius 1 is 1.16 bits per heavy atom. The maximum Gasteiger partial charge on any atom is 0.268 e. The number of nitrogens with zero attached hydrogens (tertiary/aromatic N) is 1. The fourth-order valence-corrected chi connectivity index (χ4v) is 6.90. The Labute approximate surface area is 179 Å². The summed E-state index contributed by atoms with van der Waals surface area (Å²) in [7, 11) is 0. The first kappa shape index (κ1) is 20.6. The number of aromatic amines is 1. The summed E-state index contributed by atoms with van der Waals surface area (Å²) in [6.07, 6.45) is 6.44. The van der Waals surface area contributed by atoms with E-state index in [1.54, 1.807) is 12.1 Å². The maximum absolute atomic E-state index is 13.8. The Hall–Kier alpha value is -2.31. The highest BCUT2D eigenvalue weighted by molar-refractivity contribution is 6.03. The zero-order valence-electron chi connectivity index (χ0n) is 17.7. The molecular formula is C24H29F2N3O2. The van der Waals surface area contributed by atoms with Gasteiger partial charge in [0, 0.05) is 36.7 Å². The number of nitrogens with two attached hydrogens (primary N) is 1. The van der Waals surface area contributed by atoms with Crippen LogP contribution in [0.3, 0.4) is 0 Å². The van der Waals surface area contributed by atoms with Crippen LogP contribution in [0.1, 0.15) is 74.0 Å². The molecule has 3 unspecified atom stereocenters. The van der Waals surface area contributed by atoms with E-state index in [0.29, 0.717) is 23.3 Å². The van der Waals surface area contributed by atoms with Crippen molar-refractivity contribution in [2.45, 2.75) is 63.7 Å². The third kappa shape index (κ3) is 3.66. The second-order valence-corrected chi connectivity index (χ2v) is 10.2. The lowest BCUT2D eigenvalue weighted by Crippen LogP contribution is -2.30. The second kappa shape index (κ2) is 7.38. The van der Waals surface area contributed by atoms with Crippen LogP contribution in [0.2, 0.25) is 0 Å². The zero-order valence-corrected chi connectivity index (χ0v) is 17.7. The van der Waals surface area contributed by atoms with Crippen molar-refractivity contribution in [1.82, 2.24) is 9.97 Å². The van der Waals surface area contributed by atoms with Crippen LogP contribution in [-0.2, 0) is 0 Å². The predicted octanol–water partition coefficient (Wildman–Crippen LogP) is 4.61. The van der Waals surface area contributed by atoms with Crippen molar-refractivity contribution in [2.24, 2.45) is 35.3 Å². The number of primary amides is 1. The molecule has 0 spiro atoms. The van der Waals surface area contributed by atoms with Gasteiger partial charge in [0.2, 0.25) is 5.92 Å². The Balaban J connectivity index is 1.48. The Morgan fingerprint density at radius 3 is 2.55 bits per heavy atom. The number of carbonyl (C=O) groups excluding carboxylic acids is 1. The zero-order chi connectivity index (χ0) is 21.9. The quantitative estimate of drug-likeness (QED) is 0.747. The molecule has 5 nitrogen and oxygen atoms in total. The molecule has 3 aliphatic carbocycles. The average Bonchev–Trinajstić information content (AvgIpc) is 3.20. The van der Waals surface area contributed by atoms with E-state index in [1.807, 2.05) is 0 Å². The molecule has 0 aliphatic heterocycles. The second-order valence-electron chi connectivity index (χ2n) is 10.2. The van der Waals surface area contributed by atoms with Gasteiger partial charge < -0.3 is 10.7 Å². The third-order valence-corrected chi connectivity index (χ3v) is 8.16. The van der Waals surface area contributed by atoms with Crippen LogP contribution in [0.4, 0.5) is 8.78 Å². The van der Waals surface area contributed by atoms with Crippen molar-refractivity contribution in [3.05, 3.63) is 39.9 Å². The van der Waals surface area contributed by atoms with Gasteiger partial charge in [0.15, 0.2) is 5.43 Å². The SMILES string of the molecule is C[C@H]1CCC(c2cc(=O)c3c(C(N)=O)nccc3[nH]2)[C@@H](C2CC3CC(F)(F)C[C@H]3C2)C1. The molecule has 0 bridgehead atoms. The molecule has 31 heavy (non-hydrogen) atoms. The average molecular weight is 430 g/mol. The number of hydrogen-bond donors (Lipinski definition) is 2. The number of rotatable bonds is 3. The molecule has 0 radical (unpaired) electrons. The number of carbonyl (C=O) groups is 1. The molecule has 1 amide bonds. The molecule has 166 valence electrons. The smallest absolute Gasteiger partial charge is 0.268 e. The summed E-state index contributed by atoms with van der Waals surface area (Å²) in [5, 5.41) is 0.233. The summed E-state index contributed by atoms with van der Waals surface area (Å²) in [5.74, 6) is -1.33. The Kier molecular flexibility index (Phi) is 4.90. The number of halogens is 2. The molecule has 0 aromatic carbocycles. The van der Waals surface area contributed by atoms with Gasteiger partial charge in [-0.15, -0.1) is 0 Å². The van der Waals surface area contributed by atoms with Gasteiger partial charge in [-0.2, -0.15) is 0 Å². The molecule has 7 heteroatoms. The molecule has 3 fully saturated rings. The molecule has 2 heterocycles. The lowest BCUT2D eigenvalue weighted by Gasteiger charge is -2.39. The minimum Gasteiger partial charge on any atom is -0.364 e. The summed E-state index contributed by atoms with van der Waals surface area (Å²) < 4.78 is 27.7. The minimum atomic E-state index is -2.49. The molecule has 5 rings (SSSR count). The highest BCUT2D eigenvalue weighted by atomic mass is 19.3. The molecule has 6 atom stereocenters. The van der Waals surface area contributed by atoms with Crippen molar-refractivity contribution in [3.8, 4) is 0 Å². The number of aromatic nitrogens is 2. The van der Waals surface area contributed by atoms with Crippen LogP contribution < -0.4 is 11.2 Å². The van der Waals surface area contributed by atoms with E-state index in [-0.39, 0.29) is 47.1 Å². The molecule has 0 saturated heterocycles. The first-order valence-electron chi connectivity index (χ1n) is 11.4. The van der Waals surface area contributed by atoms with Gasteiger partial charge in [-0.05, 0) is 61.3 Å². The summed E-state index contributed by atoms with van der Waals surface area (Å²) >= 11 is 0. The van der Waals surface area contributed by atoms with Crippen molar-refractivity contribution in [1.29, 1.82) is 0 Å². The van der Waals surface area contributed by atoms with E-state index >= 15 is 0 Å². The van der Waals surface area contributed by atoms with E-state index in [9.17, 15) is 18.4 Å². The monoisotopic (exact) mass is 429 g/mol. The van der Waals surface area contributed by atoms with Crippen molar-refractivity contribution in [3.63, 3.8) is 0 Å². The summed E-state index contributed by atoms with van der Waals surface area (Å²) in [4.78, 5) is 32.0. The number of nitrogens with one attached hydrogen (secondary N) is 1. The van der Waals surface area contributed by atoms with E-state index in [2.05, 4.69) is 16.9 Å². The molecule has 3 aliphatic rings. The first-order chi connectivity index (χ1) is 14.7. The number of alkyl halides is 2. The molecule has 3 N–H and O–H groups in total. The van der Waals surface area contributed by atoms with Crippen LogP contribution in [0.5, 0.6) is 0 Å². The number of hydrogen-bond acceptors (Lipinski definition) is 3. The predicted molar refractivity (Wildman–Crippen MR) is 114 cm³/mol. The van der Waals surface area contributed by atoms with Crippen LogP contribution in [-0.4, -0.2) is 21.8 Å². The van der Waals surface area contributed by atoms with Gasteiger partial charge in [0.25, 0.3) is 5.91 Å².